The maximum Gasteiger partial charge on any atom is 0.261 e. The summed E-state index contributed by atoms with van der Waals surface area (Å²) in [6.07, 6.45) is 2.36. The number of benzene rings is 2. The highest BCUT2D eigenvalue weighted by Gasteiger charge is 2.28. The number of rotatable bonds is 4. The molecule has 7 nitrogen and oxygen atoms in total. The SMILES string of the molecule is Cc1ccc(C)c(N2CCc3nc(Nc4ccc(N5CCN(C)CC5)cc4)ncc3C2=O)c1. The van der Waals surface area contributed by atoms with Crippen molar-refractivity contribution in [2.24, 2.45) is 0 Å². The van der Waals surface area contributed by atoms with Gasteiger partial charge < -0.3 is 20.0 Å². The Hall–Kier alpha value is -3.45. The molecule has 7 heteroatoms. The van der Waals surface area contributed by atoms with Gasteiger partial charge >= 0.3 is 0 Å². The third kappa shape index (κ3) is 4.41. The molecule has 1 fully saturated rings. The van der Waals surface area contributed by atoms with Gasteiger partial charge in [0, 0.05) is 62.4 Å². The van der Waals surface area contributed by atoms with Crippen molar-refractivity contribution < 1.29 is 4.79 Å². The van der Waals surface area contributed by atoms with Gasteiger partial charge in [0.2, 0.25) is 5.95 Å². The highest BCUT2D eigenvalue weighted by Crippen LogP contribution is 2.28. The molecule has 2 aliphatic rings. The Labute approximate surface area is 195 Å². The van der Waals surface area contributed by atoms with E-state index in [1.165, 1.54) is 5.69 Å². The number of fused-ring (bicyclic) bond motifs is 1. The molecular formula is C26H30N6O. The van der Waals surface area contributed by atoms with Gasteiger partial charge in [0.15, 0.2) is 0 Å². The molecule has 170 valence electrons. The third-order valence-corrected chi connectivity index (χ3v) is 6.56. The molecule has 0 radical (unpaired) electrons. The van der Waals surface area contributed by atoms with Crippen LogP contribution in [-0.2, 0) is 6.42 Å². The fraction of sp³-hybridized carbons (Fsp3) is 0.346. The normalized spacial score (nSPS) is 16.6. The first-order chi connectivity index (χ1) is 16.0. The lowest BCUT2D eigenvalue weighted by Gasteiger charge is -2.34. The summed E-state index contributed by atoms with van der Waals surface area (Å²) in [4.78, 5) is 28.9. The number of carbonyl (C=O) groups is 1. The first kappa shape index (κ1) is 21.4. The molecule has 5 rings (SSSR count). The topological polar surface area (TPSA) is 64.6 Å². The van der Waals surface area contributed by atoms with Gasteiger partial charge in [-0.1, -0.05) is 12.1 Å². The van der Waals surface area contributed by atoms with E-state index in [9.17, 15) is 4.79 Å². The Bertz CT molecular complexity index is 1170. The van der Waals surface area contributed by atoms with Crippen LogP contribution in [0, 0.1) is 13.8 Å². The molecule has 2 aromatic carbocycles. The molecule has 0 saturated carbocycles. The monoisotopic (exact) mass is 442 g/mol. The van der Waals surface area contributed by atoms with Crippen molar-refractivity contribution in [3.8, 4) is 0 Å². The van der Waals surface area contributed by atoms with Crippen LogP contribution in [0.1, 0.15) is 27.2 Å². The van der Waals surface area contributed by atoms with Gasteiger partial charge in [0.25, 0.3) is 5.91 Å². The van der Waals surface area contributed by atoms with Crippen molar-refractivity contribution >= 4 is 28.9 Å². The number of nitrogens with one attached hydrogen (secondary N) is 1. The second-order valence-corrected chi connectivity index (χ2v) is 9.01. The van der Waals surface area contributed by atoms with E-state index in [0.717, 1.165) is 54.4 Å². The molecule has 0 spiro atoms. The quantitative estimate of drug-likeness (QED) is 0.663. The Balaban J connectivity index is 1.30. The Morgan fingerprint density at radius 1 is 0.939 bits per heavy atom. The number of piperazine rings is 1. The number of carbonyl (C=O) groups excluding carboxylic acids is 1. The summed E-state index contributed by atoms with van der Waals surface area (Å²) < 4.78 is 0. The molecular weight excluding hydrogens is 412 g/mol. The van der Waals surface area contributed by atoms with Crippen LogP contribution in [0.4, 0.5) is 23.0 Å². The van der Waals surface area contributed by atoms with Crippen LogP contribution in [0.2, 0.25) is 0 Å². The van der Waals surface area contributed by atoms with Crippen LogP contribution in [0.5, 0.6) is 0 Å². The van der Waals surface area contributed by atoms with Crippen LogP contribution >= 0.6 is 0 Å². The summed E-state index contributed by atoms with van der Waals surface area (Å²) >= 11 is 0. The van der Waals surface area contributed by atoms with Crippen molar-refractivity contribution in [1.29, 1.82) is 0 Å². The summed E-state index contributed by atoms with van der Waals surface area (Å²) in [5.74, 6) is 0.488. The molecule has 1 aromatic heterocycles. The molecule has 0 bridgehead atoms. The summed E-state index contributed by atoms with van der Waals surface area (Å²) in [6, 6.07) is 14.6. The van der Waals surface area contributed by atoms with Gasteiger partial charge in [-0.15, -0.1) is 0 Å². The zero-order chi connectivity index (χ0) is 22.9. The highest BCUT2D eigenvalue weighted by atomic mass is 16.2. The predicted octanol–water partition coefficient (Wildman–Crippen LogP) is 3.79. The van der Waals surface area contributed by atoms with E-state index in [1.807, 2.05) is 18.7 Å². The molecule has 33 heavy (non-hydrogen) atoms. The fourth-order valence-corrected chi connectivity index (χ4v) is 4.50. The average Bonchev–Trinajstić information content (AvgIpc) is 2.82. The lowest BCUT2D eigenvalue weighted by molar-refractivity contribution is 0.0979. The first-order valence-corrected chi connectivity index (χ1v) is 11.5. The van der Waals surface area contributed by atoms with Crippen molar-refractivity contribution in [2.45, 2.75) is 20.3 Å². The van der Waals surface area contributed by atoms with Gasteiger partial charge in [-0.25, -0.2) is 9.97 Å². The van der Waals surface area contributed by atoms with E-state index in [1.54, 1.807) is 6.20 Å². The van der Waals surface area contributed by atoms with Crippen molar-refractivity contribution in [3.63, 3.8) is 0 Å². The Kier molecular flexibility index (Phi) is 5.72. The number of amides is 1. The Morgan fingerprint density at radius 3 is 2.45 bits per heavy atom. The van der Waals surface area contributed by atoms with Crippen LogP contribution < -0.4 is 15.1 Å². The molecule has 0 unspecified atom stereocenters. The number of aryl methyl sites for hydroxylation is 2. The fourth-order valence-electron chi connectivity index (χ4n) is 4.50. The van der Waals surface area contributed by atoms with Crippen LogP contribution in [0.25, 0.3) is 0 Å². The molecule has 0 atom stereocenters. The summed E-state index contributed by atoms with van der Waals surface area (Å²) in [6.45, 7) is 8.96. The van der Waals surface area contributed by atoms with E-state index >= 15 is 0 Å². The standard InChI is InChI=1S/C26H30N6O/c1-18-4-5-19(2)24(16-18)32-11-10-23-22(25(32)33)17-27-26(29-23)28-20-6-8-21(9-7-20)31-14-12-30(3)13-15-31/h4-9,16-17H,10-15H2,1-3H3,(H,27,28,29). The minimum absolute atomic E-state index is 0.0342. The molecule has 1 N–H and O–H groups in total. The van der Waals surface area contributed by atoms with Gasteiger partial charge in [-0.05, 0) is 62.4 Å². The van der Waals surface area contributed by atoms with Crippen molar-refractivity contribution in [1.82, 2.24) is 14.9 Å². The van der Waals surface area contributed by atoms with E-state index in [0.29, 0.717) is 24.5 Å². The number of aromatic nitrogens is 2. The number of nitrogens with zero attached hydrogens (tertiary/aromatic N) is 5. The third-order valence-electron chi connectivity index (χ3n) is 6.56. The average molecular weight is 443 g/mol. The van der Waals surface area contributed by atoms with E-state index in [2.05, 4.69) is 74.6 Å². The summed E-state index contributed by atoms with van der Waals surface area (Å²) in [5.41, 5.74) is 6.75. The van der Waals surface area contributed by atoms with Gasteiger partial charge in [0.05, 0.1) is 11.3 Å². The molecule has 2 aliphatic heterocycles. The maximum atomic E-state index is 13.2. The van der Waals surface area contributed by atoms with Crippen LogP contribution in [0.15, 0.2) is 48.7 Å². The summed E-state index contributed by atoms with van der Waals surface area (Å²) in [7, 11) is 2.16. The second-order valence-electron chi connectivity index (χ2n) is 9.01. The molecule has 3 aromatic rings. The predicted molar refractivity (Wildman–Crippen MR) is 133 cm³/mol. The largest absolute Gasteiger partial charge is 0.369 e. The number of anilines is 4. The number of likely N-dealkylation sites (N-methyl/N-ethyl adjacent to an activating group) is 1. The van der Waals surface area contributed by atoms with Crippen molar-refractivity contribution in [2.75, 3.05) is 54.9 Å². The van der Waals surface area contributed by atoms with E-state index < -0.39 is 0 Å². The molecule has 0 aliphatic carbocycles. The van der Waals surface area contributed by atoms with Gasteiger partial charge in [0.1, 0.15) is 0 Å². The zero-order valence-corrected chi connectivity index (χ0v) is 19.5. The van der Waals surface area contributed by atoms with Crippen LogP contribution in [0.3, 0.4) is 0 Å². The maximum absolute atomic E-state index is 13.2. The van der Waals surface area contributed by atoms with Gasteiger partial charge in [-0.2, -0.15) is 0 Å². The number of hydrogen-bond acceptors (Lipinski definition) is 6. The first-order valence-electron chi connectivity index (χ1n) is 11.5. The lowest BCUT2D eigenvalue weighted by atomic mass is 10.0. The Morgan fingerprint density at radius 2 is 1.70 bits per heavy atom. The van der Waals surface area contributed by atoms with Gasteiger partial charge in [-0.3, -0.25) is 4.79 Å². The zero-order valence-electron chi connectivity index (χ0n) is 19.5. The molecule has 3 heterocycles. The molecule has 1 saturated heterocycles. The summed E-state index contributed by atoms with van der Waals surface area (Å²) in [5, 5.41) is 3.29. The highest BCUT2D eigenvalue weighted by molar-refractivity contribution is 6.08. The van der Waals surface area contributed by atoms with E-state index in [4.69, 9.17) is 0 Å². The lowest BCUT2D eigenvalue weighted by Crippen LogP contribution is -2.44. The molecule has 1 amide bonds. The second kappa shape index (κ2) is 8.83. The smallest absolute Gasteiger partial charge is 0.261 e. The van der Waals surface area contributed by atoms with E-state index in [-0.39, 0.29) is 5.91 Å². The number of hydrogen-bond donors (Lipinski definition) is 1. The minimum Gasteiger partial charge on any atom is -0.369 e. The minimum atomic E-state index is -0.0342. The van der Waals surface area contributed by atoms with Crippen LogP contribution in [-0.4, -0.2) is 60.5 Å². The van der Waals surface area contributed by atoms with Crippen molar-refractivity contribution in [3.05, 3.63) is 71.0 Å².